The van der Waals surface area contributed by atoms with Crippen molar-refractivity contribution < 1.29 is 5.11 Å². The Morgan fingerprint density at radius 1 is 1.42 bits per heavy atom. The number of rotatable bonds is 3. The van der Waals surface area contributed by atoms with Crippen LogP contribution < -0.4 is 0 Å². The number of alkyl halides is 1. The lowest BCUT2D eigenvalue weighted by Crippen LogP contribution is -1.87. The van der Waals surface area contributed by atoms with Gasteiger partial charge >= 0.3 is 0 Å². The van der Waals surface area contributed by atoms with Crippen LogP contribution in [0.4, 0.5) is 0 Å². The van der Waals surface area contributed by atoms with Crippen molar-refractivity contribution in [1.29, 1.82) is 0 Å². The molecule has 0 heterocycles. The molecule has 0 saturated carbocycles. The first-order valence-electron chi connectivity index (χ1n) is 3.81. The monoisotopic (exact) mass is 202 g/mol. The van der Waals surface area contributed by atoms with Gasteiger partial charge in [0.25, 0.3) is 0 Å². The van der Waals surface area contributed by atoms with Crippen molar-refractivity contribution >= 4 is 24.2 Å². The highest BCUT2D eigenvalue weighted by Crippen LogP contribution is 2.20. The van der Waals surface area contributed by atoms with Gasteiger partial charge in [0, 0.05) is 10.8 Å². The van der Waals surface area contributed by atoms with E-state index in [0.29, 0.717) is 5.88 Å². The number of aryl methyl sites for hydroxylation is 1. The second-order valence-corrected chi connectivity index (χ2v) is 3.47. The third-order valence-electron chi connectivity index (χ3n) is 1.65. The quantitative estimate of drug-likeness (QED) is 0.571. The van der Waals surface area contributed by atoms with Gasteiger partial charge in [-0.3, -0.25) is 0 Å². The SMILES string of the molecule is Oc1ccc(CCCCl)c(S)c1. The van der Waals surface area contributed by atoms with E-state index in [1.165, 1.54) is 0 Å². The van der Waals surface area contributed by atoms with Crippen LogP contribution in [0.1, 0.15) is 12.0 Å². The Morgan fingerprint density at radius 3 is 2.75 bits per heavy atom. The van der Waals surface area contributed by atoms with Crippen LogP contribution in [0.25, 0.3) is 0 Å². The fourth-order valence-corrected chi connectivity index (χ4v) is 1.47. The molecule has 1 N–H and O–H groups in total. The van der Waals surface area contributed by atoms with Gasteiger partial charge in [-0.2, -0.15) is 0 Å². The highest BCUT2D eigenvalue weighted by Gasteiger charge is 1.99. The summed E-state index contributed by atoms with van der Waals surface area (Å²) in [7, 11) is 0. The van der Waals surface area contributed by atoms with Crippen LogP contribution in [0.2, 0.25) is 0 Å². The molecular formula is C9H11ClOS. The zero-order valence-electron chi connectivity index (χ0n) is 6.63. The van der Waals surface area contributed by atoms with Crippen LogP contribution in [0.5, 0.6) is 5.75 Å². The predicted octanol–water partition coefficient (Wildman–Crippen LogP) is 2.85. The molecule has 1 aromatic rings. The summed E-state index contributed by atoms with van der Waals surface area (Å²) in [5.74, 6) is 0.920. The van der Waals surface area contributed by atoms with Crippen LogP contribution in [-0.4, -0.2) is 11.0 Å². The lowest BCUT2D eigenvalue weighted by Gasteiger charge is -2.03. The van der Waals surface area contributed by atoms with Gasteiger partial charge in [-0.05, 0) is 30.5 Å². The molecule has 0 fully saturated rings. The first-order chi connectivity index (χ1) is 5.74. The molecule has 3 heteroatoms. The molecule has 0 saturated heterocycles. The topological polar surface area (TPSA) is 20.2 Å². The van der Waals surface area contributed by atoms with E-state index in [4.69, 9.17) is 16.7 Å². The van der Waals surface area contributed by atoms with Crippen molar-refractivity contribution in [2.45, 2.75) is 17.7 Å². The number of benzene rings is 1. The summed E-state index contributed by atoms with van der Waals surface area (Å²) in [6, 6.07) is 5.19. The normalized spacial score (nSPS) is 10.2. The van der Waals surface area contributed by atoms with Crippen molar-refractivity contribution in [2.24, 2.45) is 0 Å². The Balaban J connectivity index is 2.72. The minimum atomic E-state index is 0.259. The largest absolute Gasteiger partial charge is 0.508 e. The molecule has 0 spiro atoms. The summed E-state index contributed by atoms with van der Waals surface area (Å²) in [4.78, 5) is 0.833. The van der Waals surface area contributed by atoms with E-state index in [9.17, 15) is 0 Å². The van der Waals surface area contributed by atoms with Gasteiger partial charge in [-0.15, -0.1) is 24.2 Å². The van der Waals surface area contributed by atoms with Crippen molar-refractivity contribution in [1.82, 2.24) is 0 Å². The van der Waals surface area contributed by atoms with Gasteiger partial charge in [0.05, 0.1) is 0 Å². The van der Waals surface area contributed by atoms with Gasteiger partial charge in [0.15, 0.2) is 0 Å². The maximum Gasteiger partial charge on any atom is 0.116 e. The molecule has 0 aromatic heterocycles. The molecule has 1 aromatic carbocycles. The minimum Gasteiger partial charge on any atom is -0.508 e. The van der Waals surface area contributed by atoms with E-state index in [0.717, 1.165) is 23.3 Å². The number of hydrogen-bond acceptors (Lipinski definition) is 2. The van der Waals surface area contributed by atoms with Crippen molar-refractivity contribution in [3.05, 3.63) is 23.8 Å². The smallest absolute Gasteiger partial charge is 0.116 e. The van der Waals surface area contributed by atoms with E-state index in [-0.39, 0.29) is 5.75 Å². The van der Waals surface area contributed by atoms with E-state index in [1.807, 2.05) is 6.07 Å². The number of halogens is 1. The van der Waals surface area contributed by atoms with E-state index in [1.54, 1.807) is 12.1 Å². The van der Waals surface area contributed by atoms with Gasteiger partial charge in [0.1, 0.15) is 5.75 Å². The zero-order valence-corrected chi connectivity index (χ0v) is 8.28. The van der Waals surface area contributed by atoms with Gasteiger partial charge in [0.2, 0.25) is 0 Å². The Morgan fingerprint density at radius 2 is 2.17 bits per heavy atom. The first-order valence-corrected chi connectivity index (χ1v) is 4.79. The maximum absolute atomic E-state index is 9.09. The molecule has 0 atom stereocenters. The highest BCUT2D eigenvalue weighted by molar-refractivity contribution is 7.80. The number of hydrogen-bond donors (Lipinski definition) is 2. The molecule has 0 unspecified atom stereocenters. The number of phenols is 1. The van der Waals surface area contributed by atoms with E-state index < -0.39 is 0 Å². The Bertz CT molecular complexity index is 263. The van der Waals surface area contributed by atoms with Gasteiger partial charge in [-0.1, -0.05) is 6.07 Å². The summed E-state index contributed by atoms with van der Waals surface area (Å²) in [6.45, 7) is 0. The van der Waals surface area contributed by atoms with Crippen molar-refractivity contribution in [2.75, 3.05) is 5.88 Å². The summed E-state index contributed by atoms with van der Waals surface area (Å²) >= 11 is 9.80. The lowest BCUT2D eigenvalue weighted by atomic mass is 10.1. The first kappa shape index (κ1) is 9.75. The standard InChI is InChI=1S/C9H11ClOS/c10-5-1-2-7-3-4-8(11)6-9(7)12/h3-4,6,11-12H,1-2,5H2. The molecule has 0 aliphatic carbocycles. The van der Waals surface area contributed by atoms with Crippen LogP contribution >= 0.6 is 24.2 Å². The molecule has 0 amide bonds. The van der Waals surface area contributed by atoms with Gasteiger partial charge in [-0.25, -0.2) is 0 Å². The fourth-order valence-electron chi connectivity index (χ4n) is 1.02. The minimum absolute atomic E-state index is 0.259. The molecule has 0 aliphatic rings. The fraction of sp³-hybridized carbons (Fsp3) is 0.333. The number of thiol groups is 1. The van der Waals surface area contributed by atoms with Crippen LogP contribution in [-0.2, 0) is 6.42 Å². The van der Waals surface area contributed by atoms with E-state index >= 15 is 0 Å². The molecule has 0 radical (unpaired) electrons. The average molecular weight is 203 g/mol. The molecule has 0 bridgehead atoms. The second-order valence-electron chi connectivity index (χ2n) is 2.61. The van der Waals surface area contributed by atoms with Crippen LogP contribution in [0.15, 0.2) is 23.1 Å². The summed E-state index contributed by atoms with van der Waals surface area (Å²) < 4.78 is 0. The van der Waals surface area contributed by atoms with Crippen LogP contribution in [0.3, 0.4) is 0 Å². The van der Waals surface area contributed by atoms with Crippen molar-refractivity contribution in [3.63, 3.8) is 0 Å². The summed E-state index contributed by atoms with van der Waals surface area (Å²) in [6.07, 6.45) is 1.86. The Kier molecular flexibility index (Phi) is 3.76. The average Bonchev–Trinajstić information content (AvgIpc) is 2.03. The Hall–Kier alpha value is -0.340. The third-order valence-corrected chi connectivity index (χ3v) is 2.33. The molecular weight excluding hydrogens is 192 g/mol. The molecule has 12 heavy (non-hydrogen) atoms. The second kappa shape index (κ2) is 4.63. The summed E-state index contributed by atoms with van der Waals surface area (Å²) in [5, 5.41) is 9.09. The summed E-state index contributed by atoms with van der Waals surface area (Å²) in [5.41, 5.74) is 1.14. The highest BCUT2D eigenvalue weighted by atomic mass is 35.5. The molecule has 0 aliphatic heterocycles. The number of phenolic OH excluding ortho intramolecular Hbond substituents is 1. The lowest BCUT2D eigenvalue weighted by molar-refractivity contribution is 0.473. The van der Waals surface area contributed by atoms with Crippen LogP contribution in [0, 0.1) is 0 Å². The van der Waals surface area contributed by atoms with E-state index in [2.05, 4.69) is 12.6 Å². The molecule has 66 valence electrons. The molecule has 1 rings (SSSR count). The maximum atomic E-state index is 9.09. The number of aromatic hydroxyl groups is 1. The molecule has 1 nitrogen and oxygen atoms in total. The zero-order chi connectivity index (χ0) is 8.97. The van der Waals surface area contributed by atoms with Crippen molar-refractivity contribution in [3.8, 4) is 5.75 Å². The van der Waals surface area contributed by atoms with Gasteiger partial charge < -0.3 is 5.11 Å². The third kappa shape index (κ3) is 2.61. The Labute approximate surface area is 82.8 Å². The predicted molar refractivity (Wildman–Crippen MR) is 54.4 cm³/mol.